The van der Waals surface area contributed by atoms with Crippen LogP contribution in [0.3, 0.4) is 0 Å². The predicted octanol–water partition coefficient (Wildman–Crippen LogP) is 4.09. The number of aromatic nitrogens is 3. The van der Waals surface area contributed by atoms with Gasteiger partial charge in [-0.2, -0.15) is 5.26 Å². The normalized spacial score (nSPS) is 10.3. The maximum Gasteiger partial charge on any atom is 0.238 e. The standard InChI is InChI=1S/C22H21N5OS/c1-3-13-27-21(18-9-7-8-17(2)15-18)24-25-22(27)29-16-20(28)26(14-12-23)19-10-5-4-6-11-19/h3-11,15H,1,13-14,16H2,2H3. The van der Waals surface area contributed by atoms with Crippen LogP contribution in [-0.4, -0.2) is 33.0 Å². The fraction of sp³-hybridized carbons (Fsp3) is 0.182. The van der Waals surface area contributed by atoms with Crippen LogP contribution in [-0.2, 0) is 11.3 Å². The van der Waals surface area contributed by atoms with Crippen LogP contribution in [0.15, 0.2) is 72.4 Å². The highest BCUT2D eigenvalue weighted by Crippen LogP contribution is 2.25. The van der Waals surface area contributed by atoms with E-state index in [1.165, 1.54) is 16.7 Å². The van der Waals surface area contributed by atoms with Gasteiger partial charge in [-0.15, -0.1) is 16.8 Å². The van der Waals surface area contributed by atoms with Crippen LogP contribution in [0.1, 0.15) is 5.56 Å². The molecule has 3 aromatic rings. The molecule has 6 nitrogen and oxygen atoms in total. The number of nitriles is 1. The van der Waals surface area contributed by atoms with E-state index in [0.717, 1.165) is 17.0 Å². The van der Waals surface area contributed by atoms with Gasteiger partial charge in [-0.25, -0.2) is 0 Å². The van der Waals surface area contributed by atoms with Crippen LogP contribution in [0.4, 0.5) is 5.69 Å². The van der Waals surface area contributed by atoms with Crippen LogP contribution in [0, 0.1) is 18.3 Å². The van der Waals surface area contributed by atoms with Crippen molar-refractivity contribution in [3.05, 3.63) is 72.8 Å². The number of amides is 1. The molecule has 29 heavy (non-hydrogen) atoms. The summed E-state index contributed by atoms with van der Waals surface area (Å²) in [7, 11) is 0. The molecule has 1 amide bonds. The van der Waals surface area contributed by atoms with Crippen LogP contribution in [0.2, 0.25) is 0 Å². The van der Waals surface area contributed by atoms with Gasteiger partial charge in [-0.1, -0.05) is 59.8 Å². The Labute approximate surface area is 174 Å². The average molecular weight is 404 g/mol. The van der Waals surface area contributed by atoms with E-state index in [-0.39, 0.29) is 18.2 Å². The Bertz CT molecular complexity index is 1040. The summed E-state index contributed by atoms with van der Waals surface area (Å²) in [4.78, 5) is 14.2. The molecule has 0 spiro atoms. The number of benzene rings is 2. The van der Waals surface area contributed by atoms with Gasteiger partial charge in [0.15, 0.2) is 11.0 Å². The van der Waals surface area contributed by atoms with Crippen molar-refractivity contribution in [1.29, 1.82) is 5.26 Å². The largest absolute Gasteiger partial charge is 0.298 e. The SMILES string of the molecule is C=CCn1c(SCC(=O)N(CC#N)c2ccccc2)nnc1-c1cccc(C)c1. The minimum absolute atomic E-state index is 0.00268. The highest BCUT2D eigenvalue weighted by molar-refractivity contribution is 7.99. The first kappa shape index (κ1) is 20.4. The molecule has 0 fully saturated rings. The van der Waals surface area contributed by atoms with E-state index in [1.807, 2.05) is 66.1 Å². The fourth-order valence-corrected chi connectivity index (χ4v) is 3.72. The van der Waals surface area contributed by atoms with E-state index < -0.39 is 0 Å². The summed E-state index contributed by atoms with van der Waals surface area (Å²) in [6.45, 7) is 6.38. The molecule has 3 rings (SSSR count). The van der Waals surface area contributed by atoms with Crippen LogP contribution in [0.5, 0.6) is 0 Å². The Hall–Kier alpha value is -3.37. The molecule has 0 aliphatic carbocycles. The number of thioether (sulfide) groups is 1. The molecule has 1 heterocycles. The summed E-state index contributed by atoms with van der Waals surface area (Å²) in [5.41, 5.74) is 2.80. The second-order valence-corrected chi connectivity index (χ2v) is 7.28. The lowest BCUT2D eigenvalue weighted by atomic mass is 10.1. The molecule has 0 atom stereocenters. The molecule has 146 valence electrons. The number of para-hydroxylation sites is 1. The molecule has 0 radical (unpaired) electrons. The number of carbonyl (C=O) groups excluding carboxylic acids is 1. The van der Waals surface area contributed by atoms with Gasteiger partial charge < -0.3 is 0 Å². The zero-order valence-electron chi connectivity index (χ0n) is 16.2. The second kappa shape index (κ2) is 9.71. The maximum atomic E-state index is 12.8. The number of allylic oxidation sites excluding steroid dienone is 1. The van der Waals surface area contributed by atoms with Crippen molar-refractivity contribution >= 4 is 23.4 Å². The Kier molecular flexibility index (Phi) is 6.82. The molecular formula is C22H21N5OS. The maximum absolute atomic E-state index is 12.8. The van der Waals surface area contributed by atoms with Crippen LogP contribution in [0.25, 0.3) is 11.4 Å². The third-order valence-corrected chi connectivity index (χ3v) is 5.18. The van der Waals surface area contributed by atoms with Crippen molar-refractivity contribution in [1.82, 2.24) is 14.8 Å². The zero-order chi connectivity index (χ0) is 20.6. The summed E-state index contributed by atoms with van der Waals surface area (Å²) in [6.07, 6.45) is 1.78. The lowest BCUT2D eigenvalue weighted by Gasteiger charge is -2.19. The van der Waals surface area contributed by atoms with Gasteiger partial charge in [0, 0.05) is 17.8 Å². The first-order valence-corrected chi connectivity index (χ1v) is 10.1. The minimum atomic E-state index is -0.159. The topological polar surface area (TPSA) is 74.8 Å². The highest BCUT2D eigenvalue weighted by atomic mass is 32.2. The number of nitrogens with zero attached hydrogens (tertiary/aromatic N) is 5. The van der Waals surface area contributed by atoms with E-state index in [1.54, 1.807) is 6.08 Å². The summed E-state index contributed by atoms with van der Waals surface area (Å²) in [5.74, 6) is 0.730. The molecular weight excluding hydrogens is 382 g/mol. The molecule has 0 bridgehead atoms. The summed E-state index contributed by atoms with van der Waals surface area (Å²) in [6, 6.07) is 19.3. The van der Waals surface area contributed by atoms with Gasteiger partial charge in [0.05, 0.1) is 11.8 Å². The van der Waals surface area contributed by atoms with E-state index >= 15 is 0 Å². The Morgan fingerprint density at radius 2 is 2.03 bits per heavy atom. The van der Waals surface area contributed by atoms with Gasteiger partial charge in [-0.05, 0) is 25.1 Å². The number of hydrogen-bond donors (Lipinski definition) is 0. The van der Waals surface area contributed by atoms with E-state index in [2.05, 4.69) is 22.8 Å². The van der Waals surface area contributed by atoms with E-state index in [0.29, 0.717) is 17.4 Å². The van der Waals surface area contributed by atoms with Crippen molar-refractivity contribution in [2.45, 2.75) is 18.6 Å². The monoisotopic (exact) mass is 403 g/mol. The lowest BCUT2D eigenvalue weighted by molar-refractivity contribution is -0.116. The van der Waals surface area contributed by atoms with Crippen molar-refractivity contribution in [2.75, 3.05) is 17.2 Å². The average Bonchev–Trinajstić information content (AvgIpc) is 3.14. The predicted molar refractivity (Wildman–Crippen MR) is 116 cm³/mol. The Morgan fingerprint density at radius 3 is 2.72 bits per heavy atom. The van der Waals surface area contributed by atoms with Gasteiger partial charge >= 0.3 is 0 Å². The minimum Gasteiger partial charge on any atom is -0.298 e. The molecule has 0 aliphatic rings. The number of rotatable bonds is 8. The summed E-state index contributed by atoms with van der Waals surface area (Å²) in [5, 5.41) is 18.4. The van der Waals surface area contributed by atoms with Crippen molar-refractivity contribution in [3.8, 4) is 17.5 Å². The lowest BCUT2D eigenvalue weighted by Crippen LogP contribution is -2.32. The third-order valence-electron chi connectivity index (χ3n) is 4.23. The molecule has 0 N–H and O–H groups in total. The Morgan fingerprint density at radius 1 is 1.24 bits per heavy atom. The zero-order valence-corrected chi connectivity index (χ0v) is 17.0. The molecule has 0 saturated carbocycles. The quantitative estimate of drug-likeness (QED) is 0.322. The number of aryl methyl sites for hydroxylation is 1. The molecule has 1 aromatic heterocycles. The first-order chi connectivity index (χ1) is 14.1. The number of hydrogen-bond acceptors (Lipinski definition) is 5. The van der Waals surface area contributed by atoms with Crippen LogP contribution >= 0.6 is 11.8 Å². The number of carbonyl (C=O) groups is 1. The third kappa shape index (κ3) is 4.92. The molecule has 0 saturated heterocycles. The van der Waals surface area contributed by atoms with Crippen LogP contribution < -0.4 is 4.90 Å². The van der Waals surface area contributed by atoms with Crippen molar-refractivity contribution in [3.63, 3.8) is 0 Å². The number of anilines is 1. The van der Waals surface area contributed by atoms with Gasteiger partial charge in [0.2, 0.25) is 5.91 Å². The molecule has 7 heteroatoms. The smallest absolute Gasteiger partial charge is 0.238 e. The summed E-state index contributed by atoms with van der Waals surface area (Å²) >= 11 is 1.30. The highest BCUT2D eigenvalue weighted by Gasteiger charge is 2.19. The van der Waals surface area contributed by atoms with Gasteiger partial charge in [0.1, 0.15) is 6.54 Å². The second-order valence-electron chi connectivity index (χ2n) is 6.34. The fourth-order valence-electron chi connectivity index (χ4n) is 2.89. The Balaban J connectivity index is 1.80. The van der Waals surface area contributed by atoms with Crippen molar-refractivity contribution in [2.24, 2.45) is 0 Å². The van der Waals surface area contributed by atoms with Gasteiger partial charge in [-0.3, -0.25) is 14.3 Å². The molecule has 2 aromatic carbocycles. The van der Waals surface area contributed by atoms with E-state index in [4.69, 9.17) is 5.26 Å². The first-order valence-electron chi connectivity index (χ1n) is 9.10. The van der Waals surface area contributed by atoms with E-state index in [9.17, 15) is 4.79 Å². The van der Waals surface area contributed by atoms with Crippen molar-refractivity contribution < 1.29 is 4.79 Å². The van der Waals surface area contributed by atoms with Gasteiger partial charge in [0.25, 0.3) is 0 Å². The summed E-state index contributed by atoms with van der Waals surface area (Å²) < 4.78 is 1.94. The molecule has 0 aliphatic heterocycles. The molecule has 0 unspecified atom stereocenters.